The van der Waals surface area contributed by atoms with Crippen LogP contribution in [-0.2, 0) is 0 Å². The van der Waals surface area contributed by atoms with Crippen LogP contribution in [0.15, 0.2) is 23.2 Å². The molecule has 0 amide bonds. The number of hydrogen-bond donors (Lipinski definition) is 2. The highest BCUT2D eigenvalue weighted by Gasteiger charge is 2.59. The zero-order chi connectivity index (χ0) is 15.7. The number of aliphatic hydroxyl groups excluding tert-OH is 2. The summed E-state index contributed by atoms with van der Waals surface area (Å²) in [4.78, 5) is 0. The Kier molecular flexibility index (Phi) is 3.03. The first-order valence-corrected chi connectivity index (χ1v) is 9.20. The van der Waals surface area contributed by atoms with Crippen molar-refractivity contribution < 1.29 is 10.2 Å². The van der Waals surface area contributed by atoms with Crippen LogP contribution in [0.5, 0.6) is 0 Å². The van der Waals surface area contributed by atoms with Gasteiger partial charge in [0.05, 0.1) is 5.41 Å². The minimum absolute atomic E-state index is 0.243. The summed E-state index contributed by atoms with van der Waals surface area (Å²) in [5.74, 6) is 3.11. The Morgan fingerprint density at radius 3 is 2.59 bits per heavy atom. The zero-order valence-corrected chi connectivity index (χ0v) is 14.2. The third-order valence-electron chi connectivity index (χ3n) is 7.99. The molecular weight excluding hydrogens is 272 g/mol. The van der Waals surface area contributed by atoms with E-state index in [4.69, 9.17) is 0 Å². The first-order chi connectivity index (χ1) is 10.4. The molecule has 4 aliphatic rings. The summed E-state index contributed by atoms with van der Waals surface area (Å²) in [6, 6.07) is 0. The maximum Gasteiger partial charge on any atom is 0.140 e. The van der Waals surface area contributed by atoms with Gasteiger partial charge in [-0.1, -0.05) is 31.9 Å². The van der Waals surface area contributed by atoms with Crippen LogP contribution in [0.3, 0.4) is 0 Å². The maximum absolute atomic E-state index is 10.8. The van der Waals surface area contributed by atoms with Crippen molar-refractivity contribution in [3.8, 4) is 0 Å². The van der Waals surface area contributed by atoms with Crippen molar-refractivity contribution in [1.82, 2.24) is 0 Å². The van der Waals surface area contributed by atoms with E-state index in [9.17, 15) is 10.2 Å². The Balaban J connectivity index is 1.82. The van der Waals surface area contributed by atoms with Gasteiger partial charge < -0.3 is 10.2 Å². The van der Waals surface area contributed by atoms with Gasteiger partial charge in [0.2, 0.25) is 0 Å². The number of aliphatic hydroxyl groups is 2. The summed E-state index contributed by atoms with van der Waals surface area (Å²) in [5, 5.41) is 20.9. The quantitative estimate of drug-likeness (QED) is 0.578. The standard InChI is InChI=1S/C20H30O2/c1-12-11-13-6-7-16(21)18(22)20(13,3)15-8-10-19(2)9-4-5-14(19)17(12)15/h11-12,14-15,17,21-22H,4-10H2,1-3H3/t12-,14-,15-,17-,19-,20-/m0/s1. The fraction of sp³-hybridized carbons (Fsp3) is 0.800. The van der Waals surface area contributed by atoms with E-state index < -0.39 is 0 Å². The van der Waals surface area contributed by atoms with Gasteiger partial charge in [0.25, 0.3) is 0 Å². The van der Waals surface area contributed by atoms with Crippen LogP contribution < -0.4 is 0 Å². The van der Waals surface area contributed by atoms with Crippen LogP contribution in [0, 0.1) is 34.5 Å². The highest BCUT2D eigenvalue weighted by Crippen LogP contribution is 2.66. The molecule has 0 aromatic rings. The highest BCUT2D eigenvalue weighted by molar-refractivity contribution is 5.36. The Morgan fingerprint density at radius 2 is 1.82 bits per heavy atom. The predicted octanol–water partition coefficient (Wildman–Crippen LogP) is 5.52. The number of allylic oxidation sites excluding steroid dienone is 3. The van der Waals surface area contributed by atoms with E-state index in [-0.39, 0.29) is 16.9 Å². The Labute approximate surface area is 134 Å². The number of hydrogen-bond acceptors (Lipinski definition) is 2. The molecule has 4 aliphatic carbocycles. The third-order valence-corrected chi connectivity index (χ3v) is 7.99. The summed E-state index contributed by atoms with van der Waals surface area (Å²) in [6.45, 7) is 7.09. The van der Waals surface area contributed by atoms with Gasteiger partial charge in [-0.05, 0) is 68.1 Å². The molecule has 0 radical (unpaired) electrons. The van der Waals surface area contributed by atoms with Crippen molar-refractivity contribution in [2.75, 3.05) is 0 Å². The highest BCUT2D eigenvalue weighted by atomic mass is 16.3. The van der Waals surface area contributed by atoms with Crippen molar-refractivity contribution in [1.29, 1.82) is 0 Å². The molecule has 6 atom stereocenters. The van der Waals surface area contributed by atoms with Crippen LogP contribution in [0.2, 0.25) is 0 Å². The first kappa shape index (κ1) is 14.7. The lowest BCUT2D eigenvalue weighted by atomic mass is 9.47. The minimum Gasteiger partial charge on any atom is -0.509 e. The summed E-state index contributed by atoms with van der Waals surface area (Å²) < 4.78 is 0. The molecule has 0 unspecified atom stereocenters. The topological polar surface area (TPSA) is 40.5 Å². The summed E-state index contributed by atoms with van der Waals surface area (Å²) >= 11 is 0. The van der Waals surface area contributed by atoms with Gasteiger partial charge in [0.1, 0.15) is 11.5 Å². The molecule has 0 aromatic carbocycles. The normalized spacial score (nSPS) is 51.0. The van der Waals surface area contributed by atoms with Crippen molar-refractivity contribution >= 4 is 0 Å². The Morgan fingerprint density at radius 1 is 1.05 bits per heavy atom. The van der Waals surface area contributed by atoms with E-state index in [0.717, 1.165) is 12.3 Å². The van der Waals surface area contributed by atoms with Gasteiger partial charge in [-0.3, -0.25) is 0 Å². The molecule has 4 rings (SSSR count). The van der Waals surface area contributed by atoms with Gasteiger partial charge in [0, 0.05) is 6.42 Å². The summed E-state index contributed by atoms with van der Waals surface area (Å²) in [7, 11) is 0. The van der Waals surface area contributed by atoms with Gasteiger partial charge in [-0.15, -0.1) is 0 Å². The molecule has 0 aliphatic heterocycles. The third kappa shape index (κ3) is 1.67. The van der Waals surface area contributed by atoms with Crippen LogP contribution in [0.4, 0.5) is 0 Å². The van der Waals surface area contributed by atoms with Gasteiger partial charge in [-0.2, -0.15) is 0 Å². The van der Waals surface area contributed by atoms with Crippen molar-refractivity contribution in [3.05, 3.63) is 23.2 Å². The second kappa shape index (κ2) is 4.55. The molecule has 22 heavy (non-hydrogen) atoms. The SMILES string of the molecule is C[C@H]1C=C2CCC(O)=C(O)[C@]2(C)[C@H]2CC[C@]3(C)CCC[C@H]3[C@H]12. The lowest BCUT2D eigenvalue weighted by molar-refractivity contribution is -0.0419. The van der Waals surface area contributed by atoms with E-state index in [1.54, 1.807) is 0 Å². The van der Waals surface area contributed by atoms with Crippen molar-refractivity contribution in [2.24, 2.45) is 34.5 Å². The first-order valence-electron chi connectivity index (χ1n) is 9.20. The molecule has 2 heteroatoms. The minimum atomic E-state index is -0.302. The van der Waals surface area contributed by atoms with Crippen molar-refractivity contribution in [3.63, 3.8) is 0 Å². The Hall–Kier alpha value is -0.920. The van der Waals surface area contributed by atoms with Crippen LogP contribution in [-0.4, -0.2) is 10.2 Å². The average Bonchev–Trinajstić information content (AvgIpc) is 2.87. The molecule has 2 nitrogen and oxygen atoms in total. The number of rotatable bonds is 0. The second-order valence-corrected chi connectivity index (χ2v) is 8.92. The zero-order valence-electron chi connectivity index (χ0n) is 14.2. The molecule has 2 saturated carbocycles. The van der Waals surface area contributed by atoms with Gasteiger partial charge in [0.15, 0.2) is 0 Å². The van der Waals surface area contributed by atoms with E-state index in [1.807, 2.05) is 0 Å². The lowest BCUT2D eigenvalue weighted by Gasteiger charge is -2.57. The van der Waals surface area contributed by atoms with E-state index in [0.29, 0.717) is 29.6 Å². The van der Waals surface area contributed by atoms with Crippen molar-refractivity contribution in [2.45, 2.75) is 65.7 Å². The van der Waals surface area contributed by atoms with Crippen LogP contribution in [0.25, 0.3) is 0 Å². The molecule has 0 bridgehead atoms. The molecule has 0 aromatic heterocycles. The summed E-state index contributed by atoms with van der Waals surface area (Å²) in [5.41, 5.74) is 1.61. The smallest absolute Gasteiger partial charge is 0.140 e. The number of fused-ring (bicyclic) bond motifs is 5. The van der Waals surface area contributed by atoms with Crippen LogP contribution in [0.1, 0.15) is 65.7 Å². The molecule has 0 heterocycles. The van der Waals surface area contributed by atoms with Gasteiger partial charge >= 0.3 is 0 Å². The average molecular weight is 302 g/mol. The molecule has 0 saturated heterocycles. The molecular formula is C20H30O2. The molecule has 122 valence electrons. The maximum atomic E-state index is 10.8. The van der Waals surface area contributed by atoms with E-state index in [2.05, 4.69) is 26.8 Å². The van der Waals surface area contributed by atoms with Gasteiger partial charge in [-0.25, -0.2) is 0 Å². The Bertz CT molecular complexity index is 560. The molecule has 0 spiro atoms. The van der Waals surface area contributed by atoms with E-state index in [1.165, 1.54) is 37.7 Å². The van der Waals surface area contributed by atoms with Crippen LogP contribution >= 0.6 is 0 Å². The second-order valence-electron chi connectivity index (χ2n) is 8.92. The monoisotopic (exact) mass is 302 g/mol. The summed E-state index contributed by atoms with van der Waals surface area (Å²) in [6.07, 6.45) is 10.6. The predicted molar refractivity (Wildman–Crippen MR) is 88.5 cm³/mol. The fourth-order valence-electron chi connectivity index (χ4n) is 6.77. The van der Waals surface area contributed by atoms with E-state index >= 15 is 0 Å². The largest absolute Gasteiger partial charge is 0.509 e. The lowest BCUT2D eigenvalue weighted by Crippen LogP contribution is -2.51. The molecule has 2 N–H and O–H groups in total. The molecule has 2 fully saturated rings. The fourth-order valence-corrected chi connectivity index (χ4v) is 6.77.